The molecule has 0 heterocycles. The van der Waals surface area contributed by atoms with Gasteiger partial charge < -0.3 is 0 Å². The summed E-state index contributed by atoms with van der Waals surface area (Å²) < 4.78 is 0. The van der Waals surface area contributed by atoms with Crippen LogP contribution in [-0.4, -0.2) is 6.29 Å². The van der Waals surface area contributed by atoms with Crippen molar-refractivity contribution in [3.05, 3.63) is 71.3 Å². The largest absolute Gasteiger partial charge is 0.286 e. The summed E-state index contributed by atoms with van der Waals surface area (Å²) in [5.74, 6) is 0.172. The summed E-state index contributed by atoms with van der Waals surface area (Å²) in [6.45, 7) is 2.09. The van der Waals surface area contributed by atoms with Gasteiger partial charge in [0.1, 0.15) is 0 Å². The van der Waals surface area contributed by atoms with E-state index in [-0.39, 0.29) is 11.3 Å². The molecule has 1 aliphatic carbocycles. The molecule has 1 aliphatic rings. The van der Waals surface area contributed by atoms with Crippen molar-refractivity contribution in [1.82, 2.24) is 0 Å². The van der Waals surface area contributed by atoms with Crippen LogP contribution in [0.25, 0.3) is 0 Å². The van der Waals surface area contributed by atoms with E-state index in [1.165, 1.54) is 6.08 Å². The fraction of sp³-hybridized carbons (Fsp3) is 0.188. The monoisotopic (exact) mass is 257 g/mol. The Morgan fingerprint density at radius 3 is 2.94 bits per heavy atom. The number of halogens is 1. The van der Waals surface area contributed by atoms with Gasteiger partial charge in [-0.3, -0.25) is 4.79 Å². The van der Waals surface area contributed by atoms with Crippen LogP contribution >= 0.6 is 11.6 Å². The minimum absolute atomic E-state index is 0.172. The molecule has 0 saturated carbocycles. The highest BCUT2D eigenvalue weighted by Crippen LogP contribution is 2.42. The van der Waals surface area contributed by atoms with Crippen molar-refractivity contribution < 1.29 is 4.79 Å². The first-order valence-electron chi connectivity index (χ1n) is 5.82. The second kappa shape index (κ2) is 5.36. The third-order valence-corrected chi connectivity index (χ3v) is 3.49. The molecule has 0 bridgehead atoms. The summed E-state index contributed by atoms with van der Waals surface area (Å²) >= 11 is 6.04. The van der Waals surface area contributed by atoms with E-state index < -0.39 is 0 Å². The van der Waals surface area contributed by atoms with Crippen LogP contribution in [0.2, 0.25) is 5.02 Å². The molecule has 0 spiro atoms. The van der Waals surface area contributed by atoms with Crippen molar-refractivity contribution in [3.8, 4) is 0 Å². The molecule has 0 amide bonds. The zero-order valence-electron chi connectivity index (χ0n) is 10.1. The third kappa shape index (κ3) is 2.62. The minimum atomic E-state index is -0.225. The van der Waals surface area contributed by atoms with Gasteiger partial charge in [-0.05, 0) is 23.8 Å². The average molecular weight is 258 g/mol. The third-order valence-electron chi connectivity index (χ3n) is 3.26. The quantitative estimate of drug-likeness (QED) is 0.741. The van der Waals surface area contributed by atoms with Gasteiger partial charge in [0.2, 0.25) is 6.29 Å². The van der Waals surface area contributed by atoms with Crippen molar-refractivity contribution in [3.63, 3.8) is 0 Å². The lowest BCUT2D eigenvalue weighted by molar-refractivity contribution is 0.483. The molecule has 2 heteroatoms. The SMILES string of the molecule is CC1(/C=C/[C]=O)C=CC=CC1c1cccc(Cl)c1. The van der Waals surface area contributed by atoms with E-state index >= 15 is 0 Å². The highest BCUT2D eigenvalue weighted by Gasteiger charge is 2.30. The highest BCUT2D eigenvalue weighted by atomic mass is 35.5. The number of rotatable bonds is 3. The smallest absolute Gasteiger partial charge is 0.225 e. The molecule has 0 aliphatic heterocycles. The summed E-state index contributed by atoms with van der Waals surface area (Å²) in [6.07, 6.45) is 13.4. The first-order chi connectivity index (χ1) is 8.65. The molecule has 1 radical (unpaired) electrons. The predicted molar refractivity (Wildman–Crippen MR) is 75.4 cm³/mol. The van der Waals surface area contributed by atoms with E-state index in [9.17, 15) is 4.79 Å². The van der Waals surface area contributed by atoms with Gasteiger partial charge in [-0.25, -0.2) is 0 Å². The molecule has 0 N–H and O–H groups in total. The fourth-order valence-corrected chi connectivity index (χ4v) is 2.49. The molecule has 2 atom stereocenters. The van der Waals surface area contributed by atoms with Gasteiger partial charge in [0, 0.05) is 16.4 Å². The molecule has 0 fully saturated rings. The molecule has 1 nitrogen and oxygen atoms in total. The number of carbonyl (C=O) groups excluding carboxylic acids is 1. The zero-order valence-corrected chi connectivity index (χ0v) is 10.9. The lowest BCUT2D eigenvalue weighted by atomic mass is 9.71. The molecule has 1 aromatic rings. The summed E-state index contributed by atoms with van der Waals surface area (Å²) in [5.41, 5.74) is 0.915. The van der Waals surface area contributed by atoms with Crippen LogP contribution in [0, 0.1) is 5.41 Å². The topological polar surface area (TPSA) is 17.1 Å². The number of hydrogen-bond donors (Lipinski definition) is 0. The highest BCUT2D eigenvalue weighted by molar-refractivity contribution is 6.30. The molecular weight excluding hydrogens is 244 g/mol. The van der Waals surface area contributed by atoms with Crippen molar-refractivity contribution in [2.75, 3.05) is 0 Å². The van der Waals surface area contributed by atoms with Crippen LogP contribution in [0.3, 0.4) is 0 Å². The van der Waals surface area contributed by atoms with E-state index in [1.54, 1.807) is 0 Å². The summed E-state index contributed by atoms with van der Waals surface area (Å²) in [4.78, 5) is 10.4. The first kappa shape index (κ1) is 12.8. The van der Waals surface area contributed by atoms with Crippen molar-refractivity contribution in [2.45, 2.75) is 12.8 Å². The maximum Gasteiger partial charge on any atom is 0.225 e. The van der Waals surface area contributed by atoms with Gasteiger partial charge in [-0.15, -0.1) is 0 Å². The van der Waals surface area contributed by atoms with E-state index in [4.69, 9.17) is 11.6 Å². The fourth-order valence-electron chi connectivity index (χ4n) is 2.29. The Hall–Kier alpha value is -1.60. The van der Waals surface area contributed by atoms with Gasteiger partial charge in [-0.2, -0.15) is 0 Å². The second-order valence-corrected chi connectivity index (χ2v) is 5.03. The first-order valence-corrected chi connectivity index (χ1v) is 6.20. The normalized spacial score (nSPS) is 26.7. The Balaban J connectivity index is 2.41. The Bertz CT molecular complexity index is 528. The van der Waals surface area contributed by atoms with E-state index in [0.29, 0.717) is 0 Å². The van der Waals surface area contributed by atoms with Crippen LogP contribution in [0.1, 0.15) is 18.4 Å². The maximum atomic E-state index is 10.4. The van der Waals surface area contributed by atoms with Gasteiger partial charge in [-0.1, -0.05) is 61.0 Å². The average Bonchev–Trinajstić information content (AvgIpc) is 2.37. The van der Waals surface area contributed by atoms with Gasteiger partial charge in [0.05, 0.1) is 0 Å². The zero-order chi connectivity index (χ0) is 13.0. The molecule has 18 heavy (non-hydrogen) atoms. The maximum absolute atomic E-state index is 10.4. The van der Waals surface area contributed by atoms with Crippen molar-refractivity contribution in [1.29, 1.82) is 0 Å². The standard InChI is InChI=1S/C16H14ClO/c1-16(10-5-11-18)9-3-2-8-15(16)13-6-4-7-14(17)12-13/h2-10,12,15H,1H3/b10-5+. The lowest BCUT2D eigenvalue weighted by Gasteiger charge is -2.33. The Kier molecular flexibility index (Phi) is 3.83. The number of hydrogen-bond acceptors (Lipinski definition) is 1. The predicted octanol–water partition coefficient (Wildman–Crippen LogP) is 4.22. The molecule has 0 saturated heterocycles. The lowest BCUT2D eigenvalue weighted by Crippen LogP contribution is -2.21. The molecular formula is C16H14ClO. The van der Waals surface area contributed by atoms with Gasteiger partial charge in [0.15, 0.2) is 0 Å². The number of allylic oxidation sites excluding steroid dienone is 6. The van der Waals surface area contributed by atoms with Crippen LogP contribution in [0.5, 0.6) is 0 Å². The Morgan fingerprint density at radius 1 is 1.39 bits per heavy atom. The Morgan fingerprint density at radius 2 is 2.22 bits per heavy atom. The molecule has 0 aromatic heterocycles. The molecule has 1 aromatic carbocycles. The van der Waals surface area contributed by atoms with Gasteiger partial charge in [0.25, 0.3) is 0 Å². The summed E-state index contributed by atoms with van der Waals surface area (Å²) in [5, 5.41) is 0.726. The minimum Gasteiger partial charge on any atom is -0.286 e. The Labute approximate surface area is 112 Å². The molecule has 2 unspecified atom stereocenters. The van der Waals surface area contributed by atoms with Gasteiger partial charge >= 0.3 is 0 Å². The molecule has 91 valence electrons. The van der Waals surface area contributed by atoms with Crippen LogP contribution in [-0.2, 0) is 4.79 Å². The van der Waals surface area contributed by atoms with E-state index in [0.717, 1.165) is 10.6 Å². The van der Waals surface area contributed by atoms with Crippen LogP contribution in [0.15, 0.2) is 60.7 Å². The van der Waals surface area contributed by atoms with Crippen LogP contribution in [0.4, 0.5) is 0 Å². The molecule has 2 rings (SSSR count). The summed E-state index contributed by atoms with van der Waals surface area (Å²) in [6, 6.07) is 7.82. The summed E-state index contributed by atoms with van der Waals surface area (Å²) in [7, 11) is 0. The van der Waals surface area contributed by atoms with Crippen molar-refractivity contribution in [2.24, 2.45) is 5.41 Å². The van der Waals surface area contributed by atoms with E-state index in [2.05, 4.69) is 25.1 Å². The van der Waals surface area contributed by atoms with Crippen molar-refractivity contribution >= 4 is 17.9 Å². The number of benzene rings is 1. The van der Waals surface area contributed by atoms with E-state index in [1.807, 2.05) is 42.7 Å². The van der Waals surface area contributed by atoms with Crippen LogP contribution < -0.4 is 0 Å². The second-order valence-electron chi connectivity index (χ2n) is 4.59.